The zero-order valence-electron chi connectivity index (χ0n) is 12.2. The molecule has 1 N–H and O–H groups in total. The van der Waals surface area contributed by atoms with Crippen LogP contribution in [0.15, 0.2) is 29.7 Å². The molecule has 2 aromatic heterocycles. The molecule has 0 fully saturated rings. The minimum atomic E-state index is -0.151. The minimum absolute atomic E-state index is 0.0342. The van der Waals surface area contributed by atoms with E-state index in [1.165, 1.54) is 6.08 Å². The monoisotopic (exact) mass is 289 g/mol. The average Bonchev–Trinajstić information content (AvgIpc) is 2.96. The van der Waals surface area contributed by atoms with Crippen LogP contribution in [-0.2, 0) is 17.3 Å². The Bertz CT molecular complexity index is 618. The molecule has 0 saturated heterocycles. The number of anilines is 1. The average molecular weight is 289 g/mol. The molecule has 1 amide bonds. The number of aryl methyl sites for hydroxylation is 1. The molecule has 0 atom stereocenters. The molecule has 0 radical (unpaired) electrons. The number of amides is 1. The summed E-state index contributed by atoms with van der Waals surface area (Å²) in [4.78, 5) is 12.9. The van der Waals surface area contributed by atoms with Crippen LogP contribution in [0.5, 0.6) is 0 Å². The number of aromatic nitrogens is 2. The number of hydrogen-bond donors (Lipinski definition) is 1. The molecule has 2 heterocycles. The third-order valence-electron chi connectivity index (χ3n) is 2.84. The summed E-state index contributed by atoms with van der Waals surface area (Å²) < 4.78 is 1.69. The Labute approximate surface area is 123 Å². The van der Waals surface area contributed by atoms with E-state index < -0.39 is 0 Å². The Morgan fingerprint density at radius 1 is 1.45 bits per heavy atom. The van der Waals surface area contributed by atoms with Crippen molar-refractivity contribution in [1.82, 2.24) is 9.78 Å². The fourth-order valence-electron chi connectivity index (χ4n) is 1.66. The molecule has 0 saturated carbocycles. The van der Waals surface area contributed by atoms with Crippen LogP contribution in [0.2, 0.25) is 0 Å². The van der Waals surface area contributed by atoms with Gasteiger partial charge in [0.25, 0.3) is 0 Å². The molecule has 2 aromatic rings. The molecule has 20 heavy (non-hydrogen) atoms. The third-order valence-corrected chi connectivity index (χ3v) is 3.68. The lowest BCUT2D eigenvalue weighted by Crippen LogP contribution is -2.12. The highest BCUT2D eigenvalue weighted by Gasteiger charge is 2.19. The summed E-state index contributed by atoms with van der Waals surface area (Å²) in [7, 11) is 1.83. The van der Waals surface area contributed by atoms with Crippen molar-refractivity contribution in [3.63, 3.8) is 0 Å². The Hall–Kier alpha value is -1.88. The molecular formula is C15H19N3OS. The van der Waals surface area contributed by atoms with Crippen molar-refractivity contribution in [3.8, 4) is 0 Å². The molecule has 2 rings (SSSR count). The molecule has 4 nitrogen and oxygen atoms in total. The Morgan fingerprint density at radius 2 is 2.20 bits per heavy atom. The van der Waals surface area contributed by atoms with Crippen LogP contribution in [0, 0.1) is 0 Å². The minimum Gasteiger partial charge on any atom is -0.307 e. The lowest BCUT2D eigenvalue weighted by atomic mass is 9.92. The summed E-state index contributed by atoms with van der Waals surface area (Å²) in [5.41, 5.74) is 0.922. The molecule has 0 aliphatic heterocycles. The lowest BCUT2D eigenvalue weighted by molar-refractivity contribution is -0.111. The van der Waals surface area contributed by atoms with Crippen LogP contribution in [0.3, 0.4) is 0 Å². The second-order valence-electron chi connectivity index (χ2n) is 5.63. The lowest BCUT2D eigenvalue weighted by Gasteiger charge is -2.13. The summed E-state index contributed by atoms with van der Waals surface area (Å²) in [6, 6.07) is 5.84. The van der Waals surface area contributed by atoms with E-state index in [1.54, 1.807) is 22.1 Å². The van der Waals surface area contributed by atoms with E-state index in [4.69, 9.17) is 0 Å². The van der Waals surface area contributed by atoms with Crippen LogP contribution in [0.1, 0.15) is 31.3 Å². The van der Waals surface area contributed by atoms with Gasteiger partial charge in [0.15, 0.2) is 0 Å². The predicted octanol–water partition coefficient (Wildman–Crippen LogP) is 3.43. The van der Waals surface area contributed by atoms with E-state index in [-0.39, 0.29) is 11.3 Å². The quantitative estimate of drug-likeness (QED) is 0.880. The maximum Gasteiger partial charge on any atom is 0.249 e. The van der Waals surface area contributed by atoms with E-state index in [2.05, 4.69) is 31.2 Å². The molecule has 0 aromatic carbocycles. The number of nitrogens with one attached hydrogen (secondary N) is 1. The van der Waals surface area contributed by atoms with Crippen LogP contribution >= 0.6 is 11.3 Å². The highest BCUT2D eigenvalue weighted by Crippen LogP contribution is 2.23. The van der Waals surface area contributed by atoms with Gasteiger partial charge in [-0.1, -0.05) is 26.8 Å². The van der Waals surface area contributed by atoms with Crippen LogP contribution < -0.4 is 5.32 Å². The first-order chi connectivity index (χ1) is 9.36. The number of thiophene rings is 1. The van der Waals surface area contributed by atoms with Crippen molar-refractivity contribution in [2.75, 3.05) is 5.32 Å². The number of carbonyl (C=O) groups is 1. The van der Waals surface area contributed by atoms with E-state index in [1.807, 2.05) is 30.6 Å². The van der Waals surface area contributed by atoms with Crippen molar-refractivity contribution in [2.45, 2.75) is 26.2 Å². The highest BCUT2D eigenvalue weighted by molar-refractivity contribution is 7.10. The van der Waals surface area contributed by atoms with Gasteiger partial charge >= 0.3 is 0 Å². The summed E-state index contributed by atoms with van der Waals surface area (Å²) >= 11 is 1.60. The van der Waals surface area contributed by atoms with Gasteiger partial charge in [0.05, 0.1) is 5.69 Å². The zero-order valence-corrected chi connectivity index (χ0v) is 13.0. The SMILES string of the molecule is Cn1nc(C(C)(C)C)cc1NC(=O)/C=C/c1cccs1. The molecular weight excluding hydrogens is 270 g/mol. The molecule has 0 bridgehead atoms. The van der Waals surface area contributed by atoms with Gasteiger partial charge in [0, 0.05) is 29.5 Å². The van der Waals surface area contributed by atoms with Crippen molar-refractivity contribution in [3.05, 3.63) is 40.2 Å². The first kappa shape index (κ1) is 14.5. The largest absolute Gasteiger partial charge is 0.307 e. The highest BCUT2D eigenvalue weighted by atomic mass is 32.1. The van der Waals surface area contributed by atoms with E-state index >= 15 is 0 Å². The standard InChI is InChI=1S/C15H19N3OS/c1-15(2,3)12-10-13(18(4)17-12)16-14(19)8-7-11-6-5-9-20-11/h5-10H,1-4H3,(H,16,19)/b8-7+. The maximum absolute atomic E-state index is 11.9. The van der Waals surface area contributed by atoms with Gasteiger partial charge in [0.1, 0.15) is 5.82 Å². The van der Waals surface area contributed by atoms with Crippen LogP contribution in [-0.4, -0.2) is 15.7 Å². The van der Waals surface area contributed by atoms with Crippen molar-refractivity contribution < 1.29 is 4.79 Å². The second-order valence-corrected chi connectivity index (χ2v) is 6.61. The third kappa shape index (κ3) is 3.57. The first-order valence-electron chi connectivity index (χ1n) is 6.43. The summed E-state index contributed by atoms with van der Waals surface area (Å²) in [6.45, 7) is 6.28. The Morgan fingerprint density at radius 3 is 2.75 bits per heavy atom. The second kappa shape index (κ2) is 5.63. The molecule has 0 aliphatic rings. The van der Waals surface area contributed by atoms with Gasteiger partial charge in [-0.3, -0.25) is 9.48 Å². The number of hydrogen-bond acceptors (Lipinski definition) is 3. The van der Waals surface area contributed by atoms with Gasteiger partial charge in [0.2, 0.25) is 5.91 Å². The fourth-order valence-corrected chi connectivity index (χ4v) is 2.28. The number of rotatable bonds is 3. The number of nitrogens with zero attached hydrogens (tertiary/aromatic N) is 2. The van der Waals surface area contributed by atoms with Crippen molar-refractivity contribution in [2.24, 2.45) is 7.05 Å². The van der Waals surface area contributed by atoms with Gasteiger partial charge in [-0.05, 0) is 17.5 Å². The first-order valence-corrected chi connectivity index (χ1v) is 7.31. The molecule has 106 valence electrons. The van der Waals surface area contributed by atoms with Gasteiger partial charge in [-0.2, -0.15) is 5.10 Å². The molecule has 0 spiro atoms. The molecule has 0 aliphatic carbocycles. The van der Waals surface area contributed by atoms with E-state index in [9.17, 15) is 4.79 Å². The van der Waals surface area contributed by atoms with Gasteiger partial charge in [-0.25, -0.2) is 0 Å². The van der Waals surface area contributed by atoms with E-state index in [0.717, 1.165) is 10.6 Å². The topological polar surface area (TPSA) is 46.9 Å². The van der Waals surface area contributed by atoms with Crippen molar-refractivity contribution in [1.29, 1.82) is 0 Å². The summed E-state index contributed by atoms with van der Waals surface area (Å²) in [5.74, 6) is 0.553. The van der Waals surface area contributed by atoms with E-state index in [0.29, 0.717) is 5.82 Å². The Kier molecular flexibility index (Phi) is 4.09. The zero-order chi connectivity index (χ0) is 14.8. The van der Waals surface area contributed by atoms with Gasteiger partial charge < -0.3 is 5.32 Å². The molecule has 0 unspecified atom stereocenters. The Balaban J connectivity index is 2.06. The smallest absolute Gasteiger partial charge is 0.249 e. The summed E-state index contributed by atoms with van der Waals surface area (Å²) in [5, 5.41) is 9.25. The summed E-state index contributed by atoms with van der Waals surface area (Å²) in [6.07, 6.45) is 3.34. The van der Waals surface area contributed by atoms with Crippen LogP contribution in [0.4, 0.5) is 5.82 Å². The fraction of sp³-hybridized carbons (Fsp3) is 0.333. The van der Waals surface area contributed by atoms with Crippen molar-refractivity contribution >= 4 is 29.1 Å². The maximum atomic E-state index is 11.9. The predicted molar refractivity (Wildman–Crippen MR) is 83.9 cm³/mol. The van der Waals surface area contributed by atoms with Gasteiger partial charge in [-0.15, -0.1) is 11.3 Å². The normalized spacial score (nSPS) is 12.0. The van der Waals surface area contributed by atoms with Crippen LogP contribution in [0.25, 0.3) is 6.08 Å². The molecule has 5 heteroatoms. The number of carbonyl (C=O) groups excluding carboxylic acids is 1.